The molecule has 1 fully saturated rings. The Labute approximate surface area is 59.2 Å². The molecule has 0 spiro atoms. The van der Waals surface area contributed by atoms with Crippen molar-refractivity contribution in [2.45, 2.75) is 6.92 Å². The van der Waals surface area contributed by atoms with E-state index in [1.54, 1.807) is 0 Å². The molecule has 3 nitrogen and oxygen atoms in total. The van der Waals surface area contributed by atoms with Crippen molar-refractivity contribution in [1.29, 1.82) is 0 Å². The van der Waals surface area contributed by atoms with Gasteiger partial charge in [-0.15, -0.1) is 0 Å². The molecule has 1 aliphatic heterocycles. The summed E-state index contributed by atoms with van der Waals surface area (Å²) in [7, 11) is 0. The van der Waals surface area contributed by atoms with Crippen LogP contribution < -0.4 is 5.32 Å². The fourth-order valence-electron chi connectivity index (χ4n) is 0.938. The van der Waals surface area contributed by atoms with Gasteiger partial charge in [0.1, 0.15) is 0 Å². The number of hydrogen-bond donors (Lipinski definition) is 1. The van der Waals surface area contributed by atoms with Crippen LogP contribution in [0.5, 0.6) is 0 Å². The minimum absolute atomic E-state index is 0.381. The van der Waals surface area contributed by atoms with Crippen LogP contribution in [0.15, 0.2) is 5.16 Å². The molecule has 1 aliphatic rings. The standard InChI is InChI=1S/C6H11FN2O/c1-5-2-8-3-6(5)9-10-4-7/h5,8H,2-4H2,1H3. The van der Waals surface area contributed by atoms with Crippen LogP contribution in [0.1, 0.15) is 6.92 Å². The summed E-state index contributed by atoms with van der Waals surface area (Å²) in [5, 5.41) is 6.70. The molecule has 1 N–H and O–H groups in total. The Kier molecular flexibility index (Phi) is 2.62. The van der Waals surface area contributed by atoms with Gasteiger partial charge in [-0.2, -0.15) is 0 Å². The smallest absolute Gasteiger partial charge is 0.255 e. The van der Waals surface area contributed by atoms with Crippen molar-refractivity contribution in [3.8, 4) is 0 Å². The first kappa shape index (κ1) is 7.47. The van der Waals surface area contributed by atoms with Crippen molar-refractivity contribution in [3.05, 3.63) is 0 Å². The maximum atomic E-state index is 11.4. The van der Waals surface area contributed by atoms with Crippen LogP contribution in [-0.4, -0.2) is 25.7 Å². The second kappa shape index (κ2) is 3.51. The lowest BCUT2D eigenvalue weighted by atomic mass is 10.1. The normalized spacial score (nSPS) is 29.4. The average Bonchev–Trinajstić information content (AvgIpc) is 2.31. The summed E-state index contributed by atoms with van der Waals surface area (Å²) < 4.78 is 11.4. The lowest BCUT2D eigenvalue weighted by Crippen LogP contribution is -2.08. The molecule has 1 atom stereocenters. The number of alkyl halides is 1. The van der Waals surface area contributed by atoms with Crippen molar-refractivity contribution in [1.82, 2.24) is 5.32 Å². The molecule has 0 bridgehead atoms. The van der Waals surface area contributed by atoms with E-state index < -0.39 is 6.86 Å². The number of rotatable bonds is 2. The fraction of sp³-hybridized carbons (Fsp3) is 0.833. The molecule has 0 aromatic carbocycles. The molecule has 1 saturated heterocycles. The predicted octanol–water partition coefficient (Wildman–Crippen LogP) is 0.525. The third-order valence-electron chi connectivity index (χ3n) is 1.56. The lowest BCUT2D eigenvalue weighted by molar-refractivity contribution is 0.0626. The number of hydrogen-bond acceptors (Lipinski definition) is 3. The van der Waals surface area contributed by atoms with Crippen LogP contribution in [0.25, 0.3) is 0 Å². The number of nitrogens with zero attached hydrogens (tertiary/aromatic N) is 1. The second-order valence-electron chi connectivity index (χ2n) is 2.35. The van der Waals surface area contributed by atoms with Gasteiger partial charge in [0.25, 0.3) is 6.86 Å². The zero-order valence-corrected chi connectivity index (χ0v) is 5.93. The topological polar surface area (TPSA) is 33.6 Å². The van der Waals surface area contributed by atoms with E-state index in [4.69, 9.17) is 0 Å². The minimum atomic E-state index is -0.837. The van der Waals surface area contributed by atoms with E-state index in [9.17, 15) is 4.39 Å². The molecule has 1 heterocycles. The molecular formula is C6H11FN2O. The Morgan fingerprint density at radius 1 is 1.90 bits per heavy atom. The van der Waals surface area contributed by atoms with Crippen LogP contribution in [0, 0.1) is 5.92 Å². The van der Waals surface area contributed by atoms with Crippen LogP contribution in [0.4, 0.5) is 4.39 Å². The molecule has 0 radical (unpaired) electrons. The van der Waals surface area contributed by atoms with Crippen LogP contribution in [0.3, 0.4) is 0 Å². The van der Waals surface area contributed by atoms with Crippen LogP contribution in [0.2, 0.25) is 0 Å². The molecule has 10 heavy (non-hydrogen) atoms. The van der Waals surface area contributed by atoms with Crippen LogP contribution in [-0.2, 0) is 4.84 Å². The summed E-state index contributed by atoms with van der Waals surface area (Å²) in [5.74, 6) is 0.381. The molecule has 0 amide bonds. The Morgan fingerprint density at radius 3 is 3.20 bits per heavy atom. The van der Waals surface area contributed by atoms with Crippen molar-refractivity contribution < 1.29 is 9.23 Å². The van der Waals surface area contributed by atoms with Gasteiger partial charge in [0.15, 0.2) is 0 Å². The van der Waals surface area contributed by atoms with Crippen molar-refractivity contribution in [2.75, 3.05) is 20.0 Å². The maximum absolute atomic E-state index is 11.4. The van der Waals surface area contributed by atoms with Crippen molar-refractivity contribution >= 4 is 5.71 Å². The highest BCUT2D eigenvalue weighted by Crippen LogP contribution is 2.03. The average molecular weight is 146 g/mol. The Bertz CT molecular complexity index is 138. The van der Waals surface area contributed by atoms with E-state index in [1.165, 1.54) is 0 Å². The predicted molar refractivity (Wildman–Crippen MR) is 36.5 cm³/mol. The van der Waals surface area contributed by atoms with Gasteiger partial charge < -0.3 is 10.2 Å². The minimum Gasteiger partial charge on any atom is -0.362 e. The van der Waals surface area contributed by atoms with Gasteiger partial charge in [0.05, 0.1) is 5.71 Å². The molecule has 0 aromatic rings. The highest BCUT2D eigenvalue weighted by atomic mass is 19.1. The van der Waals surface area contributed by atoms with Gasteiger partial charge in [-0.3, -0.25) is 0 Å². The molecule has 58 valence electrons. The fourth-order valence-corrected chi connectivity index (χ4v) is 0.938. The Morgan fingerprint density at radius 2 is 2.70 bits per heavy atom. The van der Waals surface area contributed by atoms with E-state index in [1.807, 2.05) is 6.92 Å². The molecule has 1 rings (SSSR count). The maximum Gasteiger partial charge on any atom is 0.255 e. The summed E-state index contributed by atoms with van der Waals surface area (Å²) in [4.78, 5) is 4.27. The van der Waals surface area contributed by atoms with E-state index >= 15 is 0 Å². The van der Waals surface area contributed by atoms with Gasteiger partial charge in [-0.1, -0.05) is 12.1 Å². The van der Waals surface area contributed by atoms with Gasteiger partial charge in [-0.05, 0) is 0 Å². The zero-order chi connectivity index (χ0) is 7.40. The van der Waals surface area contributed by atoms with E-state index in [0.717, 1.165) is 18.8 Å². The summed E-state index contributed by atoms with van der Waals surface area (Å²) >= 11 is 0. The monoisotopic (exact) mass is 146 g/mol. The van der Waals surface area contributed by atoms with Gasteiger partial charge in [-0.25, -0.2) is 4.39 Å². The molecule has 0 aliphatic carbocycles. The highest BCUT2D eigenvalue weighted by Gasteiger charge is 2.17. The first-order chi connectivity index (χ1) is 4.84. The third-order valence-corrected chi connectivity index (χ3v) is 1.56. The number of halogens is 1. The van der Waals surface area contributed by atoms with Gasteiger partial charge in [0, 0.05) is 19.0 Å². The molecular weight excluding hydrogens is 135 g/mol. The number of nitrogens with one attached hydrogen (secondary N) is 1. The first-order valence-corrected chi connectivity index (χ1v) is 3.30. The molecule has 1 unspecified atom stereocenters. The highest BCUT2D eigenvalue weighted by molar-refractivity contribution is 5.89. The molecule has 0 saturated carbocycles. The van der Waals surface area contributed by atoms with Crippen molar-refractivity contribution in [2.24, 2.45) is 11.1 Å². The Balaban J connectivity index is 2.38. The number of oxime groups is 1. The largest absolute Gasteiger partial charge is 0.362 e. The van der Waals surface area contributed by atoms with Crippen molar-refractivity contribution in [3.63, 3.8) is 0 Å². The van der Waals surface area contributed by atoms with Gasteiger partial charge >= 0.3 is 0 Å². The summed E-state index contributed by atoms with van der Waals surface area (Å²) in [6, 6.07) is 0. The van der Waals surface area contributed by atoms with E-state index in [-0.39, 0.29) is 0 Å². The van der Waals surface area contributed by atoms with Crippen LogP contribution >= 0.6 is 0 Å². The lowest BCUT2D eigenvalue weighted by Gasteiger charge is -1.98. The second-order valence-corrected chi connectivity index (χ2v) is 2.35. The first-order valence-electron chi connectivity index (χ1n) is 3.30. The molecule has 4 heteroatoms. The quantitative estimate of drug-likeness (QED) is 0.576. The van der Waals surface area contributed by atoms with E-state index in [0.29, 0.717) is 5.92 Å². The molecule has 0 aromatic heterocycles. The summed E-state index contributed by atoms with van der Waals surface area (Å²) in [6.45, 7) is 2.83. The van der Waals surface area contributed by atoms with E-state index in [2.05, 4.69) is 15.3 Å². The SMILES string of the molecule is CC1CNCC1=NOCF. The third kappa shape index (κ3) is 1.67. The Hall–Kier alpha value is -0.640. The summed E-state index contributed by atoms with van der Waals surface area (Å²) in [5.41, 5.74) is 0.901. The summed E-state index contributed by atoms with van der Waals surface area (Å²) in [6.07, 6.45) is 0. The zero-order valence-electron chi connectivity index (χ0n) is 5.93. The van der Waals surface area contributed by atoms with Gasteiger partial charge in [0.2, 0.25) is 0 Å².